The highest BCUT2D eigenvalue weighted by molar-refractivity contribution is 5.81. The van der Waals surface area contributed by atoms with Crippen LogP contribution in [0.1, 0.15) is 17.2 Å². The van der Waals surface area contributed by atoms with Crippen molar-refractivity contribution in [3.05, 3.63) is 54.0 Å². The number of nitrogens with zero attached hydrogens (tertiary/aromatic N) is 3. The maximum absolute atomic E-state index is 6.01. The average molecular weight is 284 g/mol. The van der Waals surface area contributed by atoms with E-state index in [1.54, 1.807) is 0 Å². The van der Waals surface area contributed by atoms with Gasteiger partial charge in [-0.05, 0) is 13.1 Å². The SMILES string of the molecule is CN(Cc1cnn(C)c1)C(CN)c1coc2ccccc12. The summed E-state index contributed by atoms with van der Waals surface area (Å²) in [5.74, 6) is 0. The molecule has 0 saturated carbocycles. The van der Waals surface area contributed by atoms with Crippen LogP contribution in [0.3, 0.4) is 0 Å². The number of aromatic nitrogens is 2. The molecule has 110 valence electrons. The van der Waals surface area contributed by atoms with Crippen molar-refractivity contribution in [2.45, 2.75) is 12.6 Å². The van der Waals surface area contributed by atoms with Crippen molar-refractivity contribution in [1.29, 1.82) is 0 Å². The standard InChI is InChI=1S/C16H20N4O/c1-19(9-12-8-18-20(2)10-12)15(7-17)14-11-21-16-6-4-3-5-13(14)16/h3-6,8,10-11,15H,7,9,17H2,1-2H3. The van der Waals surface area contributed by atoms with Crippen molar-refractivity contribution in [3.8, 4) is 0 Å². The summed E-state index contributed by atoms with van der Waals surface area (Å²) >= 11 is 0. The Labute approximate surface area is 123 Å². The molecule has 3 rings (SSSR count). The molecule has 0 fully saturated rings. The van der Waals surface area contributed by atoms with Crippen LogP contribution >= 0.6 is 0 Å². The van der Waals surface area contributed by atoms with E-state index in [0.717, 1.165) is 23.1 Å². The van der Waals surface area contributed by atoms with Crippen molar-refractivity contribution in [2.24, 2.45) is 12.8 Å². The van der Waals surface area contributed by atoms with E-state index in [0.29, 0.717) is 6.54 Å². The monoisotopic (exact) mass is 284 g/mol. The van der Waals surface area contributed by atoms with Crippen molar-refractivity contribution in [3.63, 3.8) is 0 Å². The summed E-state index contributed by atoms with van der Waals surface area (Å²) in [5.41, 5.74) is 9.22. The molecule has 0 amide bonds. The fourth-order valence-electron chi connectivity index (χ4n) is 2.75. The maximum atomic E-state index is 6.01. The molecule has 1 unspecified atom stereocenters. The number of hydrogen-bond donors (Lipinski definition) is 1. The summed E-state index contributed by atoms with van der Waals surface area (Å²) in [6.45, 7) is 1.34. The summed E-state index contributed by atoms with van der Waals surface area (Å²) in [5, 5.41) is 5.34. The molecule has 2 aromatic heterocycles. The predicted octanol–water partition coefficient (Wildman–Crippen LogP) is 2.30. The van der Waals surface area contributed by atoms with Gasteiger partial charge < -0.3 is 10.2 Å². The molecule has 2 heterocycles. The normalized spacial score (nSPS) is 13.1. The Morgan fingerprint density at radius 2 is 2.19 bits per heavy atom. The predicted molar refractivity (Wildman–Crippen MR) is 82.7 cm³/mol. The minimum Gasteiger partial charge on any atom is -0.464 e. The van der Waals surface area contributed by atoms with Gasteiger partial charge >= 0.3 is 0 Å². The van der Waals surface area contributed by atoms with E-state index in [9.17, 15) is 0 Å². The Bertz CT molecular complexity index is 731. The summed E-state index contributed by atoms with van der Waals surface area (Å²) < 4.78 is 7.45. The topological polar surface area (TPSA) is 60.2 Å². The summed E-state index contributed by atoms with van der Waals surface area (Å²) in [6.07, 6.45) is 5.73. The molecule has 0 aliphatic rings. The van der Waals surface area contributed by atoms with Gasteiger partial charge in [0.2, 0.25) is 0 Å². The minimum absolute atomic E-state index is 0.119. The van der Waals surface area contributed by atoms with E-state index < -0.39 is 0 Å². The third kappa shape index (κ3) is 2.70. The van der Waals surface area contributed by atoms with Gasteiger partial charge in [0.15, 0.2) is 0 Å². The Balaban J connectivity index is 1.87. The first kappa shape index (κ1) is 13.9. The second kappa shape index (κ2) is 5.71. The van der Waals surface area contributed by atoms with Crippen LogP contribution in [-0.4, -0.2) is 28.3 Å². The molecule has 0 aliphatic carbocycles. The lowest BCUT2D eigenvalue weighted by Gasteiger charge is -2.26. The second-order valence-electron chi connectivity index (χ2n) is 5.38. The fourth-order valence-corrected chi connectivity index (χ4v) is 2.75. The number of benzene rings is 1. The highest BCUT2D eigenvalue weighted by atomic mass is 16.3. The number of likely N-dealkylation sites (N-methyl/N-ethyl adjacent to an activating group) is 1. The first-order valence-electron chi connectivity index (χ1n) is 7.03. The molecule has 0 bridgehead atoms. The Morgan fingerprint density at radius 3 is 2.90 bits per heavy atom. The van der Waals surface area contributed by atoms with Crippen LogP contribution in [0.4, 0.5) is 0 Å². The lowest BCUT2D eigenvalue weighted by molar-refractivity contribution is 0.242. The Kier molecular flexibility index (Phi) is 3.77. The molecule has 5 nitrogen and oxygen atoms in total. The molecular formula is C16H20N4O. The van der Waals surface area contributed by atoms with Gasteiger partial charge in [-0.25, -0.2) is 0 Å². The van der Waals surface area contributed by atoms with Gasteiger partial charge in [-0.1, -0.05) is 18.2 Å². The van der Waals surface area contributed by atoms with Gasteiger partial charge in [-0.2, -0.15) is 5.10 Å². The quantitative estimate of drug-likeness (QED) is 0.781. The number of rotatable bonds is 5. The molecule has 21 heavy (non-hydrogen) atoms. The van der Waals surface area contributed by atoms with Crippen molar-refractivity contribution >= 4 is 11.0 Å². The molecule has 0 radical (unpaired) electrons. The lowest BCUT2D eigenvalue weighted by atomic mass is 10.0. The number of fused-ring (bicyclic) bond motifs is 1. The van der Waals surface area contributed by atoms with E-state index >= 15 is 0 Å². The first-order chi connectivity index (χ1) is 10.2. The van der Waals surface area contributed by atoms with Crippen LogP contribution in [0.15, 0.2) is 47.3 Å². The van der Waals surface area contributed by atoms with Crippen molar-refractivity contribution < 1.29 is 4.42 Å². The number of hydrogen-bond acceptors (Lipinski definition) is 4. The maximum Gasteiger partial charge on any atom is 0.134 e. The van der Waals surface area contributed by atoms with Gasteiger partial charge in [-0.15, -0.1) is 0 Å². The largest absolute Gasteiger partial charge is 0.464 e. The lowest BCUT2D eigenvalue weighted by Crippen LogP contribution is -2.29. The highest BCUT2D eigenvalue weighted by Gasteiger charge is 2.20. The van der Waals surface area contributed by atoms with Crippen molar-refractivity contribution in [2.75, 3.05) is 13.6 Å². The smallest absolute Gasteiger partial charge is 0.134 e. The molecule has 2 N–H and O–H groups in total. The van der Waals surface area contributed by atoms with E-state index in [1.807, 2.05) is 48.6 Å². The minimum atomic E-state index is 0.119. The number of para-hydroxylation sites is 1. The molecule has 0 saturated heterocycles. The van der Waals surface area contributed by atoms with Gasteiger partial charge in [0.25, 0.3) is 0 Å². The van der Waals surface area contributed by atoms with Crippen LogP contribution in [0, 0.1) is 0 Å². The van der Waals surface area contributed by atoms with Crippen LogP contribution in [0.5, 0.6) is 0 Å². The summed E-state index contributed by atoms with van der Waals surface area (Å²) in [7, 11) is 4.00. The molecular weight excluding hydrogens is 264 g/mol. The molecule has 1 atom stereocenters. The van der Waals surface area contributed by atoms with Crippen LogP contribution in [0.25, 0.3) is 11.0 Å². The first-order valence-corrected chi connectivity index (χ1v) is 7.03. The highest BCUT2D eigenvalue weighted by Crippen LogP contribution is 2.29. The number of furan rings is 1. The zero-order chi connectivity index (χ0) is 14.8. The zero-order valence-electron chi connectivity index (χ0n) is 12.4. The fraction of sp³-hybridized carbons (Fsp3) is 0.312. The number of aryl methyl sites for hydroxylation is 1. The van der Waals surface area contributed by atoms with E-state index in [1.165, 1.54) is 5.56 Å². The van der Waals surface area contributed by atoms with Crippen LogP contribution in [0.2, 0.25) is 0 Å². The van der Waals surface area contributed by atoms with Crippen LogP contribution < -0.4 is 5.73 Å². The molecule has 1 aromatic carbocycles. The molecule has 0 aliphatic heterocycles. The average Bonchev–Trinajstić information content (AvgIpc) is 3.07. The van der Waals surface area contributed by atoms with Gasteiger partial charge in [0, 0.05) is 42.8 Å². The Morgan fingerprint density at radius 1 is 1.38 bits per heavy atom. The van der Waals surface area contributed by atoms with E-state index in [2.05, 4.69) is 23.1 Å². The third-order valence-electron chi connectivity index (χ3n) is 3.82. The zero-order valence-corrected chi connectivity index (χ0v) is 12.4. The molecule has 3 aromatic rings. The van der Waals surface area contributed by atoms with Crippen molar-refractivity contribution in [1.82, 2.24) is 14.7 Å². The van der Waals surface area contributed by atoms with E-state index in [4.69, 9.17) is 10.2 Å². The third-order valence-corrected chi connectivity index (χ3v) is 3.82. The summed E-state index contributed by atoms with van der Waals surface area (Å²) in [4.78, 5) is 2.23. The second-order valence-corrected chi connectivity index (χ2v) is 5.38. The van der Waals surface area contributed by atoms with E-state index in [-0.39, 0.29) is 6.04 Å². The Hall–Kier alpha value is -2.11. The molecule has 0 spiro atoms. The molecule has 5 heteroatoms. The summed E-state index contributed by atoms with van der Waals surface area (Å²) in [6, 6.07) is 8.18. The van der Waals surface area contributed by atoms with Gasteiger partial charge in [-0.3, -0.25) is 9.58 Å². The number of nitrogens with two attached hydrogens (primary N) is 1. The van der Waals surface area contributed by atoms with Gasteiger partial charge in [0.1, 0.15) is 5.58 Å². The van der Waals surface area contributed by atoms with Gasteiger partial charge in [0.05, 0.1) is 18.5 Å². The van der Waals surface area contributed by atoms with Crippen LogP contribution in [-0.2, 0) is 13.6 Å².